The molecule has 0 amide bonds. The minimum atomic E-state index is 0.538. The van der Waals surface area contributed by atoms with Gasteiger partial charge in [0.1, 0.15) is 5.75 Å². The van der Waals surface area contributed by atoms with E-state index in [2.05, 4.69) is 11.8 Å². The third-order valence-electron chi connectivity index (χ3n) is 3.98. The Morgan fingerprint density at radius 1 is 1.15 bits per heavy atom. The van der Waals surface area contributed by atoms with Crippen molar-refractivity contribution in [1.82, 2.24) is 4.90 Å². The summed E-state index contributed by atoms with van der Waals surface area (Å²) < 4.78 is 5.96. The lowest BCUT2D eigenvalue weighted by molar-refractivity contribution is 0.188. The largest absolute Gasteiger partial charge is 0.493 e. The molecular formula is C17H28N2O. The Morgan fingerprint density at radius 3 is 2.55 bits per heavy atom. The number of para-hydroxylation sites is 1. The molecule has 1 saturated heterocycles. The molecule has 0 aliphatic carbocycles. The maximum atomic E-state index is 5.96. The molecule has 2 rings (SSSR count). The lowest BCUT2D eigenvalue weighted by atomic mass is 10.1. The summed E-state index contributed by atoms with van der Waals surface area (Å²) >= 11 is 0. The van der Waals surface area contributed by atoms with Crippen LogP contribution in [0.15, 0.2) is 24.3 Å². The molecule has 1 aromatic carbocycles. The highest BCUT2D eigenvalue weighted by Crippen LogP contribution is 2.18. The number of hydrogen-bond donors (Lipinski definition) is 1. The molecule has 112 valence electrons. The Labute approximate surface area is 123 Å². The van der Waals surface area contributed by atoms with Gasteiger partial charge in [-0.3, -0.25) is 0 Å². The van der Waals surface area contributed by atoms with Gasteiger partial charge in [0.25, 0.3) is 0 Å². The third-order valence-corrected chi connectivity index (χ3v) is 3.98. The van der Waals surface area contributed by atoms with Crippen molar-refractivity contribution in [2.45, 2.75) is 39.2 Å². The Morgan fingerprint density at radius 2 is 1.85 bits per heavy atom. The minimum Gasteiger partial charge on any atom is -0.493 e. The van der Waals surface area contributed by atoms with Crippen LogP contribution in [0.4, 0.5) is 0 Å². The van der Waals surface area contributed by atoms with Gasteiger partial charge >= 0.3 is 0 Å². The molecule has 0 bridgehead atoms. The predicted molar refractivity (Wildman–Crippen MR) is 83.9 cm³/mol. The molecule has 1 aromatic rings. The van der Waals surface area contributed by atoms with Gasteiger partial charge in [-0.2, -0.15) is 0 Å². The number of rotatable bonds is 6. The Bertz CT molecular complexity index is 386. The van der Waals surface area contributed by atoms with Gasteiger partial charge in [0.15, 0.2) is 0 Å². The normalized spacial score (nSPS) is 18.5. The van der Waals surface area contributed by atoms with Crippen molar-refractivity contribution in [2.24, 2.45) is 11.7 Å². The maximum Gasteiger partial charge on any atom is 0.123 e. The van der Waals surface area contributed by atoms with Crippen molar-refractivity contribution in [3.8, 4) is 5.75 Å². The number of benzene rings is 1. The van der Waals surface area contributed by atoms with E-state index in [1.807, 2.05) is 24.3 Å². The van der Waals surface area contributed by atoms with Gasteiger partial charge in [0.05, 0.1) is 6.61 Å². The average molecular weight is 276 g/mol. The van der Waals surface area contributed by atoms with Crippen molar-refractivity contribution in [1.29, 1.82) is 0 Å². The number of nitrogens with zero attached hydrogens (tertiary/aromatic N) is 1. The van der Waals surface area contributed by atoms with Crippen LogP contribution in [0.5, 0.6) is 5.75 Å². The summed E-state index contributed by atoms with van der Waals surface area (Å²) in [7, 11) is 0. The van der Waals surface area contributed by atoms with Gasteiger partial charge in [-0.25, -0.2) is 0 Å². The average Bonchev–Trinajstić information content (AvgIpc) is 2.74. The summed E-state index contributed by atoms with van der Waals surface area (Å²) in [5, 5.41) is 0. The van der Waals surface area contributed by atoms with Crippen molar-refractivity contribution in [3.05, 3.63) is 29.8 Å². The lowest BCUT2D eigenvalue weighted by Crippen LogP contribution is -2.31. The number of nitrogens with two attached hydrogens (primary N) is 1. The molecule has 3 nitrogen and oxygen atoms in total. The first kappa shape index (κ1) is 15.3. The number of hydrogen-bond acceptors (Lipinski definition) is 3. The molecule has 1 atom stereocenters. The molecule has 20 heavy (non-hydrogen) atoms. The highest BCUT2D eigenvalue weighted by atomic mass is 16.5. The zero-order chi connectivity index (χ0) is 14.2. The van der Waals surface area contributed by atoms with E-state index in [-0.39, 0.29) is 0 Å². The molecule has 0 spiro atoms. The first-order valence-electron chi connectivity index (χ1n) is 7.92. The zero-order valence-electron chi connectivity index (χ0n) is 12.7. The van der Waals surface area contributed by atoms with E-state index in [9.17, 15) is 0 Å². The molecule has 1 heterocycles. The fourth-order valence-electron chi connectivity index (χ4n) is 2.86. The van der Waals surface area contributed by atoms with E-state index >= 15 is 0 Å². The van der Waals surface area contributed by atoms with Gasteiger partial charge in [-0.1, -0.05) is 38.0 Å². The summed E-state index contributed by atoms with van der Waals surface area (Å²) in [6.45, 7) is 7.23. The maximum absolute atomic E-state index is 5.96. The molecule has 3 heteroatoms. The van der Waals surface area contributed by atoms with Crippen LogP contribution in [-0.4, -0.2) is 31.1 Å². The van der Waals surface area contributed by atoms with Gasteiger partial charge in [-0.15, -0.1) is 0 Å². The Hall–Kier alpha value is -1.06. The monoisotopic (exact) mass is 276 g/mol. The van der Waals surface area contributed by atoms with Crippen LogP contribution in [0.3, 0.4) is 0 Å². The van der Waals surface area contributed by atoms with Crippen LogP contribution in [0.2, 0.25) is 0 Å². The molecule has 1 aliphatic rings. The van der Waals surface area contributed by atoms with E-state index in [0.717, 1.165) is 24.5 Å². The first-order valence-corrected chi connectivity index (χ1v) is 7.92. The van der Waals surface area contributed by atoms with E-state index in [1.165, 1.54) is 38.8 Å². The van der Waals surface area contributed by atoms with Gasteiger partial charge < -0.3 is 15.4 Å². The second-order valence-electron chi connectivity index (χ2n) is 5.94. The topological polar surface area (TPSA) is 38.5 Å². The lowest BCUT2D eigenvalue weighted by Gasteiger charge is -2.24. The second-order valence-corrected chi connectivity index (χ2v) is 5.94. The predicted octanol–water partition coefficient (Wildman–Crippen LogP) is 3.04. The van der Waals surface area contributed by atoms with E-state index in [4.69, 9.17) is 10.5 Å². The summed E-state index contributed by atoms with van der Waals surface area (Å²) in [5.41, 5.74) is 6.83. The quantitative estimate of drug-likeness (QED) is 0.868. The van der Waals surface area contributed by atoms with Crippen LogP contribution < -0.4 is 10.5 Å². The standard InChI is InChI=1S/C17H28N2O/c1-15(13-19-10-6-2-3-7-11-19)14-20-17-9-5-4-8-16(17)12-18/h4-5,8-9,15H,2-3,6-7,10-14,18H2,1H3. The number of ether oxygens (including phenoxy) is 1. The molecule has 1 unspecified atom stereocenters. The molecule has 0 aromatic heterocycles. The molecule has 0 radical (unpaired) electrons. The van der Waals surface area contributed by atoms with Crippen molar-refractivity contribution in [3.63, 3.8) is 0 Å². The molecular weight excluding hydrogens is 248 g/mol. The van der Waals surface area contributed by atoms with Gasteiger partial charge in [0.2, 0.25) is 0 Å². The van der Waals surface area contributed by atoms with Gasteiger partial charge in [0, 0.05) is 24.6 Å². The zero-order valence-corrected chi connectivity index (χ0v) is 12.7. The van der Waals surface area contributed by atoms with Crippen molar-refractivity contribution in [2.75, 3.05) is 26.2 Å². The van der Waals surface area contributed by atoms with Crippen molar-refractivity contribution >= 4 is 0 Å². The van der Waals surface area contributed by atoms with E-state index in [1.54, 1.807) is 0 Å². The van der Waals surface area contributed by atoms with Crippen LogP contribution in [0.25, 0.3) is 0 Å². The van der Waals surface area contributed by atoms with Gasteiger partial charge in [-0.05, 0) is 32.0 Å². The molecule has 0 saturated carbocycles. The van der Waals surface area contributed by atoms with E-state index < -0.39 is 0 Å². The van der Waals surface area contributed by atoms with Crippen LogP contribution in [0, 0.1) is 5.92 Å². The number of likely N-dealkylation sites (tertiary alicyclic amines) is 1. The van der Waals surface area contributed by atoms with Crippen LogP contribution in [0.1, 0.15) is 38.2 Å². The smallest absolute Gasteiger partial charge is 0.123 e. The summed E-state index contributed by atoms with van der Waals surface area (Å²) in [4.78, 5) is 2.59. The van der Waals surface area contributed by atoms with Crippen molar-refractivity contribution < 1.29 is 4.74 Å². The third kappa shape index (κ3) is 4.80. The fourth-order valence-corrected chi connectivity index (χ4v) is 2.86. The molecule has 1 aliphatic heterocycles. The highest BCUT2D eigenvalue weighted by molar-refractivity contribution is 5.32. The Balaban J connectivity index is 1.77. The first-order chi connectivity index (χ1) is 9.79. The van der Waals surface area contributed by atoms with E-state index in [0.29, 0.717) is 12.5 Å². The summed E-state index contributed by atoms with van der Waals surface area (Å²) in [6.07, 6.45) is 5.49. The highest BCUT2D eigenvalue weighted by Gasteiger charge is 2.13. The second kappa shape index (κ2) is 8.28. The fraction of sp³-hybridized carbons (Fsp3) is 0.647. The SMILES string of the molecule is CC(COc1ccccc1CN)CN1CCCCCC1. The minimum absolute atomic E-state index is 0.538. The van der Waals surface area contributed by atoms with Crippen LogP contribution >= 0.6 is 0 Å². The summed E-state index contributed by atoms with van der Waals surface area (Å²) in [6, 6.07) is 8.07. The summed E-state index contributed by atoms with van der Waals surface area (Å²) in [5.74, 6) is 1.50. The molecule has 1 fully saturated rings. The molecule has 2 N–H and O–H groups in total. The van der Waals surface area contributed by atoms with Crippen LogP contribution in [-0.2, 0) is 6.54 Å². The Kier molecular flexibility index (Phi) is 6.34.